The molecule has 0 saturated carbocycles. The van der Waals surface area contributed by atoms with Crippen molar-refractivity contribution >= 4 is 33.9 Å². The van der Waals surface area contributed by atoms with Gasteiger partial charge >= 0.3 is 0 Å². The Kier molecular flexibility index (Phi) is 5.74. The summed E-state index contributed by atoms with van der Waals surface area (Å²) in [6, 6.07) is 13.6. The van der Waals surface area contributed by atoms with Crippen molar-refractivity contribution in [2.24, 2.45) is 0 Å². The van der Waals surface area contributed by atoms with E-state index in [1.807, 2.05) is 30.3 Å². The van der Waals surface area contributed by atoms with E-state index in [9.17, 15) is 4.79 Å². The van der Waals surface area contributed by atoms with Crippen molar-refractivity contribution in [1.29, 1.82) is 0 Å². The number of amides is 1. The third-order valence-corrected chi connectivity index (χ3v) is 4.43. The Balaban J connectivity index is 1.60. The number of hydrogen-bond acceptors (Lipinski definition) is 5. The molecule has 0 unspecified atom stereocenters. The number of pyridine rings is 1. The van der Waals surface area contributed by atoms with Gasteiger partial charge in [0.25, 0.3) is 5.91 Å². The zero-order chi connectivity index (χ0) is 17.5. The van der Waals surface area contributed by atoms with Crippen molar-refractivity contribution in [3.63, 3.8) is 0 Å². The first-order valence-electron chi connectivity index (χ1n) is 8.28. The molecule has 0 spiro atoms. The second-order valence-corrected chi connectivity index (χ2v) is 6.49. The summed E-state index contributed by atoms with van der Waals surface area (Å²) in [7, 11) is 0. The van der Waals surface area contributed by atoms with Gasteiger partial charge < -0.3 is 10.6 Å². The number of carbonyl (C=O) groups excluding carboxylic acids is 1. The number of aromatic nitrogens is 2. The number of aryl methyl sites for hydroxylation is 1. The molecule has 2 aromatic heterocycles. The summed E-state index contributed by atoms with van der Waals surface area (Å²) in [4.78, 5) is 20.8. The van der Waals surface area contributed by atoms with E-state index in [1.165, 1.54) is 29.7 Å². The van der Waals surface area contributed by atoms with Crippen LogP contribution in [0, 0.1) is 0 Å². The van der Waals surface area contributed by atoms with Crippen LogP contribution in [0.5, 0.6) is 0 Å². The minimum Gasteiger partial charge on any atom is -0.321 e. The van der Waals surface area contributed by atoms with Gasteiger partial charge in [-0.05, 0) is 42.7 Å². The summed E-state index contributed by atoms with van der Waals surface area (Å²) in [5.41, 5.74) is 2.45. The summed E-state index contributed by atoms with van der Waals surface area (Å²) >= 11 is 1.37. The fraction of sp³-hybridized carbons (Fsp3) is 0.211. The van der Waals surface area contributed by atoms with Gasteiger partial charge in [0.1, 0.15) is 11.5 Å². The normalized spacial score (nSPS) is 10.4. The molecule has 1 amide bonds. The summed E-state index contributed by atoms with van der Waals surface area (Å²) in [6.45, 7) is 2.18. The third kappa shape index (κ3) is 4.87. The van der Waals surface area contributed by atoms with Gasteiger partial charge in [-0.2, -0.15) is 0 Å². The Hall–Kier alpha value is -2.73. The molecule has 5 nitrogen and oxygen atoms in total. The summed E-state index contributed by atoms with van der Waals surface area (Å²) in [6.07, 6.45) is 5.13. The summed E-state index contributed by atoms with van der Waals surface area (Å²) < 4.78 is 0. The van der Waals surface area contributed by atoms with Crippen LogP contribution in [0.15, 0.2) is 54.0 Å². The highest BCUT2D eigenvalue weighted by atomic mass is 32.1. The first-order chi connectivity index (χ1) is 12.2. The van der Waals surface area contributed by atoms with E-state index < -0.39 is 0 Å². The molecule has 0 atom stereocenters. The molecule has 128 valence electrons. The lowest BCUT2D eigenvalue weighted by molar-refractivity contribution is 0.102. The molecule has 2 heterocycles. The van der Waals surface area contributed by atoms with E-state index in [2.05, 4.69) is 39.7 Å². The van der Waals surface area contributed by atoms with Crippen molar-refractivity contribution in [3.8, 4) is 0 Å². The van der Waals surface area contributed by atoms with Crippen molar-refractivity contribution in [3.05, 3.63) is 65.3 Å². The number of rotatable bonds is 7. The molecule has 0 radical (unpaired) electrons. The lowest BCUT2D eigenvalue weighted by Crippen LogP contribution is -2.12. The van der Waals surface area contributed by atoms with Crippen LogP contribution >= 0.6 is 11.3 Å². The van der Waals surface area contributed by atoms with E-state index in [0.717, 1.165) is 12.1 Å². The summed E-state index contributed by atoms with van der Waals surface area (Å²) in [5, 5.41) is 8.34. The largest absolute Gasteiger partial charge is 0.321 e. The highest BCUT2D eigenvalue weighted by Crippen LogP contribution is 2.20. The van der Waals surface area contributed by atoms with Crippen molar-refractivity contribution < 1.29 is 4.79 Å². The minimum atomic E-state index is -0.216. The zero-order valence-electron chi connectivity index (χ0n) is 14.0. The van der Waals surface area contributed by atoms with E-state index in [0.29, 0.717) is 16.6 Å². The number of nitrogens with zero attached hydrogens (tertiary/aromatic N) is 2. The van der Waals surface area contributed by atoms with Crippen LogP contribution in [0.1, 0.15) is 35.8 Å². The van der Waals surface area contributed by atoms with Crippen LogP contribution in [0.4, 0.5) is 16.6 Å². The molecule has 3 aromatic rings. The van der Waals surface area contributed by atoms with Crippen LogP contribution in [-0.4, -0.2) is 15.9 Å². The highest BCUT2D eigenvalue weighted by molar-refractivity contribution is 7.14. The van der Waals surface area contributed by atoms with Gasteiger partial charge in [0.05, 0.1) is 0 Å². The average Bonchev–Trinajstić information content (AvgIpc) is 3.11. The Bertz CT molecular complexity index is 815. The molecule has 0 fully saturated rings. The molecule has 25 heavy (non-hydrogen) atoms. The van der Waals surface area contributed by atoms with Gasteiger partial charge in [-0.15, -0.1) is 11.3 Å². The molecule has 0 bridgehead atoms. The summed E-state index contributed by atoms with van der Waals surface area (Å²) in [5.74, 6) is 0.484. The van der Waals surface area contributed by atoms with E-state index in [4.69, 9.17) is 0 Å². The smallest absolute Gasteiger partial charge is 0.275 e. The Morgan fingerprint density at radius 3 is 2.72 bits per heavy atom. The number of hydrogen-bond donors (Lipinski definition) is 2. The lowest BCUT2D eigenvalue weighted by Gasteiger charge is -2.05. The Labute approximate surface area is 151 Å². The molecular formula is C19H20N4OS. The van der Waals surface area contributed by atoms with E-state index in [1.54, 1.807) is 11.6 Å². The number of anilines is 3. The van der Waals surface area contributed by atoms with Gasteiger partial charge in [-0.1, -0.05) is 31.5 Å². The predicted octanol–water partition coefficient (Wildman–Crippen LogP) is 4.88. The standard InChI is InChI=1S/C19H20N4OS/c1-2-3-6-14-8-10-15(11-9-14)21-18(24)16-13-25-19(22-16)23-17-7-4-5-12-20-17/h4-5,7-13H,2-3,6H2,1H3,(H,21,24)(H,20,22,23). The van der Waals surface area contributed by atoms with Crippen LogP contribution in [-0.2, 0) is 6.42 Å². The van der Waals surface area contributed by atoms with Crippen molar-refractivity contribution in [1.82, 2.24) is 9.97 Å². The molecule has 0 aliphatic carbocycles. The molecule has 6 heteroatoms. The predicted molar refractivity (Wildman–Crippen MR) is 103 cm³/mol. The highest BCUT2D eigenvalue weighted by Gasteiger charge is 2.11. The van der Waals surface area contributed by atoms with Gasteiger partial charge in [-0.3, -0.25) is 4.79 Å². The van der Waals surface area contributed by atoms with Crippen LogP contribution in [0.3, 0.4) is 0 Å². The Morgan fingerprint density at radius 2 is 2.00 bits per heavy atom. The molecular weight excluding hydrogens is 332 g/mol. The number of benzene rings is 1. The first kappa shape index (κ1) is 17.1. The van der Waals surface area contributed by atoms with Crippen LogP contribution in [0.2, 0.25) is 0 Å². The maximum absolute atomic E-state index is 12.3. The number of thiazole rings is 1. The van der Waals surface area contributed by atoms with Crippen LogP contribution in [0.25, 0.3) is 0 Å². The van der Waals surface area contributed by atoms with Gasteiger partial charge in [0.15, 0.2) is 5.13 Å². The SMILES string of the molecule is CCCCc1ccc(NC(=O)c2csc(Nc3ccccn3)n2)cc1. The second-order valence-electron chi connectivity index (χ2n) is 5.63. The third-order valence-electron chi connectivity index (χ3n) is 3.67. The Morgan fingerprint density at radius 1 is 1.16 bits per heavy atom. The topological polar surface area (TPSA) is 66.9 Å². The van der Waals surface area contributed by atoms with Crippen molar-refractivity contribution in [2.75, 3.05) is 10.6 Å². The number of unbranched alkanes of at least 4 members (excludes halogenated alkanes) is 1. The maximum atomic E-state index is 12.3. The zero-order valence-corrected chi connectivity index (χ0v) is 14.8. The molecule has 1 aromatic carbocycles. The first-order valence-corrected chi connectivity index (χ1v) is 9.16. The molecule has 0 saturated heterocycles. The fourth-order valence-corrected chi connectivity index (χ4v) is 3.01. The minimum absolute atomic E-state index is 0.216. The van der Waals surface area contributed by atoms with Gasteiger partial charge in [-0.25, -0.2) is 9.97 Å². The fourth-order valence-electron chi connectivity index (χ4n) is 2.31. The van der Waals surface area contributed by atoms with Gasteiger partial charge in [0, 0.05) is 17.3 Å². The van der Waals surface area contributed by atoms with Crippen LogP contribution < -0.4 is 10.6 Å². The second kappa shape index (κ2) is 8.39. The van der Waals surface area contributed by atoms with Crippen molar-refractivity contribution in [2.45, 2.75) is 26.2 Å². The molecule has 0 aliphatic rings. The molecule has 2 N–H and O–H groups in total. The maximum Gasteiger partial charge on any atom is 0.275 e. The van der Waals surface area contributed by atoms with E-state index >= 15 is 0 Å². The quantitative estimate of drug-likeness (QED) is 0.636. The average molecular weight is 352 g/mol. The lowest BCUT2D eigenvalue weighted by atomic mass is 10.1. The number of nitrogens with one attached hydrogen (secondary N) is 2. The number of carbonyl (C=O) groups is 1. The van der Waals surface area contributed by atoms with Gasteiger partial charge in [0.2, 0.25) is 0 Å². The monoisotopic (exact) mass is 352 g/mol. The molecule has 0 aliphatic heterocycles. The van der Waals surface area contributed by atoms with E-state index in [-0.39, 0.29) is 5.91 Å². The molecule has 3 rings (SSSR count).